The van der Waals surface area contributed by atoms with Crippen molar-refractivity contribution < 1.29 is 9.90 Å². The van der Waals surface area contributed by atoms with Crippen LogP contribution < -0.4 is 0 Å². The fourth-order valence-electron chi connectivity index (χ4n) is 2.54. The third-order valence-electron chi connectivity index (χ3n) is 3.81. The molecular weight excluding hydrogens is 252 g/mol. The van der Waals surface area contributed by atoms with Crippen molar-refractivity contribution in [3.8, 4) is 0 Å². The summed E-state index contributed by atoms with van der Waals surface area (Å²) in [6.45, 7) is 4.61. The highest BCUT2D eigenvalue weighted by molar-refractivity contribution is 5.78. The molecule has 1 saturated heterocycles. The molecule has 1 aliphatic rings. The number of piperidine rings is 1. The summed E-state index contributed by atoms with van der Waals surface area (Å²) in [5.74, 6) is 0.111. The molecule has 1 atom stereocenters. The molecule has 0 radical (unpaired) electrons. The molecule has 1 heterocycles. The van der Waals surface area contributed by atoms with Gasteiger partial charge < -0.3 is 10.0 Å². The summed E-state index contributed by atoms with van der Waals surface area (Å²) in [4.78, 5) is 16.0. The Morgan fingerprint density at radius 1 is 1.40 bits per heavy atom. The molecule has 1 amide bonds. The lowest BCUT2D eigenvalue weighted by Crippen LogP contribution is -2.44. The number of rotatable bonds is 4. The number of carbonyl (C=O) groups excluding carboxylic acids is 1. The van der Waals surface area contributed by atoms with Crippen LogP contribution in [-0.2, 0) is 11.3 Å². The van der Waals surface area contributed by atoms with E-state index in [2.05, 4.69) is 31.2 Å². The average molecular weight is 276 g/mol. The number of aliphatic hydroxyl groups is 1. The number of aliphatic hydroxyl groups excluding tert-OH is 1. The number of amides is 1. The Hall–Kier alpha value is -1.39. The largest absolute Gasteiger partial charge is 0.392 e. The number of likely N-dealkylation sites (tertiary alicyclic amines) is 1. The number of aryl methyl sites for hydroxylation is 1. The van der Waals surface area contributed by atoms with Gasteiger partial charge in [-0.2, -0.15) is 0 Å². The summed E-state index contributed by atoms with van der Waals surface area (Å²) in [7, 11) is 1.84. The van der Waals surface area contributed by atoms with Crippen LogP contribution >= 0.6 is 0 Å². The van der Waals surface area contributed by atoms with Crippen molar-refractivity contribution in [1.82, 2.24) is 9.80 Å². The van der Waals surface area contributed by atoms with E-state index in [9.17, 15) is 9.90 Å². The molecule has 0 bridgehead atoms. The zero-order valence-corrected chi connectivity index (χ0v) is 12.4. The van der Waals surface area contributed by atoms with Crippen molar-refractivity contribution in [2.45, 2.75) is 32.4 Å². The SMILES string of the molecule is Cc1ccc(CN(C)C(=O)CN2CCC[C@H](O)C2)cc1. The van der Waals surface area contributed by atoms with Crippen molar-refractivity contribution in [3.63, 3.8) is 0 Å². The molecule has 0 saturated carbocycles. The number of hydrogen-bond acceptors (Lipinski definition) is 3. The molecule has 4 heteroatoms. The number of nitrogens with zero attached hydrogens (tertiary/aromatic N) is 2. The summed E-state index contributed by atoms with van der Waals surface area (Å²) < 4.78 is 0. The molecule has 0 aromatic heterocycles. The minimum atomic E-state index is -0.279. The second-order valence-corrected chi connectivity index (χ2v) is 5.77. The van der Waals surface area contributed by atoms with Gasteiger partial charge in [0, 0.05) is 20.1 Å². The van der Waals surface area contributed by atoms with E-state index >= 15 is 0 Å². The molecule has 20 heavy (non-hydrogen) atoms. The zero-order valence-electron chi connectivity index (χ0n) is 12.4. The predicted molar refractivity (Wildman–Crippen MR) is 79.3 cm³/mol. The predicted octanol–water partition coefficient (Wildman–Crippen LogP) is 1.41. The summed E-state index contributed by atoms with van der Waals surface area (Å²) in [5, 5.41) is 9.63. The van der Waals surface area contributed by atoms with Crippen LogP contribution in [0, 0.1) is 6.92 Å². The average Bonchev–Trinajstić information content (AvgIpc) is 2.41. The molecule has 110 valence electrons. The number of hydrogen-bond donors (Lipinski definition) is 1. The first kappa shape index (κ1) is 15.0. The van der Waals surface area contributed by atoms with Gasteiger partial charge in [-0.3, -0.25) is 9.69 Å². The molecule has 1 fully saturated rings. The van der Waals surface area contributed by atoms with Crippen molar-refractivity contribution >= 4 is 5.91 Å². The number of benzene rings is 1. The Balaban J connectivity index is 1.83. The topological polar surface area (TPSA) is 43.8 Å². The Morgan fingerprint density at radius 3 is 2.75 bits per heavy atom. The second-order valence-electron chi connectivity index (χ2n) is 5.77. The highest BCUT2D eigenvalue weighted by Crippen LogP contribution is 2.11. The Bertz CT molecular complexity index is 444. The monoisotopic (exact) mass is 276 g/mol. The van der Waals surface area contributed by atoms with Gasteiger partial charge in [-0.05, 0) is 31.9 Å². The highest BCUT2D eigenvalue weighted by Gasteiger charge is 2.21. The first-order chi connectivity index (χ1) is 9.54. The molecule has 0 spiro atoms. The van der Waals surface area contributed by atoms with Crippen LogP contribution in [0.1, 0.15) is 24.0 Å². The number of likely N-dealkylation sites (N-methyl/N-ethyl adjacent to an activating group) is 1. The van der Waals surface area contributed by atoms with Gasteiger partial charge in [-0.1, -0.05) is 29.8 Å². The molecule has 4 nitrogen and oxygen atoms in total. The van der Waals surface area contributed by atoms with Gasteiger partial charge in [0.15, 0.2) is 0 Å². The maximum absolute atomic E-state index is 12.2. The summed E-state index contributed by atoms with van der Waals surface area (Å²) in [6.07, 6.45) is 1.54. The third-order valence-corrected chi connectivity index (χ3v) is 3.81. The van der Waals surface area contributed by atoms with E-state index in [4.69, 9.17) is 0 Å². The number of carbonyl (C=O) groups is 1. The van der Waals surface area contributed by atoms with Gasteiger partial charge in [0.05, 0.1) is 12.6 Å². The minimum Gasteiger partial charge on any atom is -0.392 e. The van der Waals surface area contributed by atoms with Gasteiger partial charge in [-0.25, -0.2) is 0 Å². The highest BCUT2D eigenvalue weighted by atomic mass is 16.3. The fraction of sp³-hybridized carbons (Fsp3) is 0.562. The lowest BCUT2D eigenvalue weighted by atomic mass is 10.1. The molecule has 1 aliphatic heterocycles. The molecule has 1 aromatic carbocycles. The van der Waals surface area contributed by atoms with Gasteiger partial charge in [0.1, 0.15) is 0 Å². The summed E-state index contributed by atoms with van der Waals surface area (Å²) in [5.41, 5.74) is 2.37. The lowest BCUT2D eigenvalue weighted by Gasteiger charge is -2.30. The van der Waals surface area contributed by atoms with E-state index in [-0.39, 0.29) is 12.0 Å². The van der Waals surface area contributed by atoms with E-state index in [1.807, 2.05) is 11.9 Å². The van der Waals surface area contributed by atoms with Crippen molar-refractivity contribution in [2.24, 2.45) is 0 Å². The van der Waals surface area contributed by atoms with Crippen LogP contribution in [0.3, 0.4) is 0 Å². The van der Waals surface area contributed by atoms with Gasteiger partial charge in [0.25, 0.3) is 0 Å². The summed E-state index contributed by atoms with van der Waals surface area (Å²) in [6, 6.07) is 8.25. The van der Waals surface area contributed by atoms with Crippen molar-refractivity contribution in [3.05, 3.63) is 35.4 Å². The quantitative estimate of drug-likeness (QED) is 0.904. The van der Waals surface area contributed by atoms with Gasteiger partial charge in [-0.15, -0.1) is 0 Å². The molecule has 1 aromatic rings. The lowest BCUT2D eigenvalue weighted by molar-refractivity contribution is -0.132. The van der Waals surface area contributed by atoms with E-state index in [1.165, 1.54) is 5.56 Å². The Morgan fingerprint density at radius 2 is 2.10 bits per heavy atom. The molecule has 0 aliphatic carbocycles. The Labute approximate surface area is 121 Å². The standard InChI is InChI=1S/C16H24N2O2/c1-13-5-7-14(8-6-13)10-17(2)16(20)12-18-9-3-4-15(19)11-18/h5-8,15,19H,3-4,9-12H2,1-2H3/t15-/m0/s1. The van der Waals surface area contributed by atoms with Crippen molar-refractivity contribution in [1.29, 1.82) is 0 Å². The van der Waals surface area contributed by atoms with E-state index < -0.39 is 0 Å². The van der Waals surface area contributed by atoms with Crippen molar-refractivity contribution in [2.75, 3.05) is 26.7 Å². The first-order valence-corrected chi connectivity index (χ1v) is 7.24. The van der Waals surface area contributed by atoms with Gasteiger partial charge in [0.2, 0.25) is 5.91 Å². The van der Waals surface area contributed by atoms with E-state index in [0.29, 0.717) is 19.6 Å². The number of β-amino-alcohol motifs (C(OH)–C–C–N with tert-alkyl or cyclic N) is 1. The smallest absolute Gasteiger partial charge is 0.236 e. The van der Waals surface area contributed by atoms with E-state index in [0.717, 1.165) is 24.9 Å². The zero-order chi connectivity index (χ0) is 14.5. The first-order valence-electron chi connectivity index (χ1n) is 7.24. The minimum absolute atomic E-state index is 0.111. The normalized spacial score (nSPS) is 19.9. The maximum atomic E-state index is 12.2. The van der Waals surface area contributed by atoms with Crippen LogP contribution in [0.2, 0.25) is 0 Å². The molecule has 0 unspecified atom stereocenters. The molecule has 2 rings (SSSR count). The summed E-state index contributed by atoms with van der Waals surface area (Å²) >= 11 is 0. The fourth-order valence-corrected chi connectivity index (χ4v) is 2.54. The second kappa shape index (κ2) is 6.86. The van der Waals surface area contributed by atoms with Crippen LogP contribution in [0.4, 0.5) is 0 Å². The Kier molecular flexibility index (Phi) is 5.15. The van der Waals surface area contributed by atoms with E-state index in [1.54, 1.807) is 4.90 Å². The molecular formula is C16H24N2O2. The third kappa shape index (κ3) is 4.32. The molecule has 1 N–H and O–H groups in total. The van der Waals surface area contributed by atoms with Crippen LogP contribution in [0.15, 0.2) is 24.3 Å². The van der Waals surface area contributed by atoms with Crippen LogP contribution in [0.25, 0.3) is 0 Å². The van der Waals surface area contributed by atoms with Gasteiger partial charge >= 0.3 is 0 Å². The maximum Gasteiger partial charge on any atom is 0.236 e. The van der Waals surface area contributed by atoms with Crippen LogP contribution in [-0.4, -0.2) is 53.6 Å². The van der Waals surface area contributed by atoms with Crippen LogP contribution in [0.5, 0.6) is 0 Å².